The molecule has 0 heterocycles. The van der Waals surface area contributed by atoms with E-state index < -0.39 is 6.61 Å². The van der Waals surface area contributed by atoms with E-state index in [4.69, 9.17) is 5.73 Å². The van der Waals surface area contributed by atoms with Crippen molar-refractivity contribution in [2.75, 3.05) is 13.1 Å². The van der Waals surface area contributed by atoms with Crippen LogP contribution in [0.15, 0.2) is 24.3 Å². The molecule has 0 bridgehead atoms. The lowest BCUT2D eigenvalue weighted by atomic mass is 9.98. The number of nitrogens with one attached hydrogen (secondary N) is 1. The highest BCUT2D eigenvalue weighted by Crippen LogP contribution is 2.17. The summed E-state index contributed by atoms with van der Waals surface area (Å²) in [5, 5.41) is 2.80. The normalized spacial score (nSPS) is 12.2. The van der Waals surface area contributed by atoms with Crippen molar-refractivity contribution >= 4 is 5.91 Å². The van der Waals surface area contributed by atoms with Gasteiger partial charge in [-0.05, 0) is 30.5 Å². The number of hydrogen-bond donors (Lipinski definition) is 2. The molecule has 0 saturated heterocycles. The maximum absolute atomic E-state index is 12.0. The minimum atomic E-state index is -2.84. The van der Waals surface area contributed by atoms with Crippen molar-refractivity contribution < 1.29 is 18.3 Å². The second kappa shape index (κ2) is 8.47. The zero-order valence-electron chi connectivity index (χ0n) is 11.4. The van der Waals surface area contributed by atoms with Crippen LogP contribution in [0.2, 0.25) is 0 Å². The highest BCUT2D eigenvalue weighted by Gasteiger charge is 2.16. The second-order valence-corrected chi connectivity index (χ2v) is 4.45. The van der Waals surface area contributed by atoms with E-state index in [0.29, 0.717) is 13.0 Å². The van der Waals surface area contributed by atoms with Crippen LogP contribution >= 0.6 is 0 Å². The van der Waals surface area contributed by atoms with Crippen molar-refractivity contribution in [3.05, 3.63) is 29.8 Å². The van der Waals surface area contributed by atoms with Crippen molar-refractivity contribution in [1.82, 2.24) is 5.32 Å². The maximum atomic E-state index is 12.0. The van der Waals surface area contributed by atoms with E-state index in [1.807, 2.05) is 6.92 Å². The fraction of sp³-hybridized carbons (Fsp3) is 0.500. The molecule has 1 amide bonds. The molecule has 1 rings (SSSR count). The number of ether oxygens (including phenoxy) is 1. The van der Waals surface area contributed by atoms with Crippen LogP contribution in [0, 0.1) is 5.92 Å². The Balaban J connectivity index is 2.59. The Hall–Kier alpha value is -1.69. The average molecular weight is 286 g/mol. The molecule has 4 nitrogen and oxygen atoms in total. The third-order valence-corrected chi connectivity index (χ3v) is 2.84. The summed E-state index contributed by atoms with van der Waals surface area (Å²) < 4.78 is 28.3. The van der Waals surface area contributed by atoms with E-state index in [-0.39, 0.29) is 24.1 Å². The van der Waals surface area contributed by atoms with Crippen molar-refractivity contribution in [1.29, 1.82) is 0 Å². The van der Waals surface area contributed by atoms with E-state index in [0.717, 1.165) is 12.0 Å². The van der Waals surface area contributed by atoms with Gasteiger partial charge in [-0.1, -0.05) is 19.1 Å². The van der Waals surface area contributed by atoms with Crippen LogP contribution in [-0.2, 0) is 11.2 Å². The van der Waals surface area contributed by atoms with E-state index in [1.54, 1.807) is 12.1 Å². The molecule has 1 unspecified atom stereocenters. The molecule has 1 aromatic rings. The fourth-order valence-electron chi connectivity index (χ4n) is 1.77. The number of nitrogens with two attached hydrogens (primary N) is 1. The number of carbonyl (C=O) groups excluding carboxylic acids is 1. The summed E-state index contributed by atoms with van der Waals surface area (Å²) in [4.78, 5) is 11.8. The number of alkyl halides is 2. The number of hydrogen-bond acceptors (Lipinski definition) is 3. The topological polar surface area (TPSA) is 64.4 Å². The van der Waals surface area contributed by atoms with Crippen LogP contribution in [0.4, 0.5) is 8.78 Å². The molecule has 0 aliphatic heterocycles. The first-order valence-corrected chi connectivity index (χ1v) is 6.58. The smallest absolute Gasteiger partial charge is 0.387 e. The maximum Gasteiger partial charge on any atom is 0.387 e. The van der Waals surface area contributed by atoms with Crippen LogP contribution in [0.25, 0.3) is 0 Å². The van der Waals surface area contributed by atoms with Gasteiger partial charge in [0.1, 0.15) is 5.75 Å². The molecule has 0 spiro atoms. The lowest BCUT2D eigenvalue weighted by Crippen LogP contribution is -2.36. The zero-order chi connectivity index (χ0) is 15.0. The van der Waals surface area contributed by atoms with Crippen LogP contribution in [0.1, 0.15) is 18.9 Å². The molecule has 20 heavy (non-hydrogen) atoms. The van der Waals surface area contributed by atoms with Gasteiger partial charge in [0.2, 0.25) is 5.91 Å². The summed E-state index contributed by atoms with van der Waals surface area (Å²) >= 11 is 0. The van der Waals surface area contributed by atoms with Gasteiger partial charge in [-0.25, -0.2) is 0 Å². The molecule has 1 aromatic carbocycles. The number of halogens is 2. The molecule has 0 saturated carbocycles. The molecule has 0 aromatic heterocycles. The van der Waals surface area contributed by atoms with Gasteiger partial charge in [-0.2, -0.15) is 8.78 Å². The van der Waals surface area contributed by atoms with E-state index in [9.17, 15) is 13.6 Å². The summed E-state index contributed by atoms with van der Waals surface area (Å²) in [5.41, 5.74) is 6.46. The SMILES string of the molecule is CCCNC(=O)C(CN)Cc1ccc(OC(F)F)cc1. The quantitative estimate of drug-likeness (QED) is 0.767. The zero-order valence-corrected chi connectivity index (χ0v) is 11.4. The highest BCUT2D eigenvalue weighted by molar-refractivity contribution is 5.79. The van der Waals surface area contributed by atoms with Crippen molar-refractivity contribution in [2.24, 2.45) is 11.7 Å². The fourth-order valence-corrected chi connectivity index (χ4v) is 1.77. The van der Waals surface area contributed by atoms with E-state index >= 15 is 0 Å². The summed E-state index contributed by atoms with van der Waals surface area (Å²) in [6.45, 7) is -0.00156. The number of carbonyl (C=O) groups is 1. The Bertz CT molecular complexity index is 410. The Kier molecular flexibility index (Phi) is 6.93. The van der Waals surface area contributed by atoms with E-state index in [2.05, 4.69) is 10.1 Å². The number of rotatable bonds is 8. The standard InChI is InChI=1S/C14H20F2N2O2/c1-2-7-18-13(19)11(9-17)8-10-3-5-12(6-4-10)20-14(15)16/h3-6,11,14H,2,7-9,17H2,1H3,(H,18,19). The Morgan fingerprint density at radius 3 is 2.50 bits per heavy atom. The van der Waals surface area contributed by atoms with Gasteiger partial charge >= 0.3 is 6.61 Å². The van der Waals surface area contributed by atoms with Gasteiger partial charge in [-0.3, -0.25) is 4.79 Å². The molecule has 6 heteroatoms. The summed E-state index contributed by atoms with van der Waals surface area (Å²) in [5.74, 6) is -0.297. The Morgan fingerprint density at radius 2 is 2.00 bits per heavy atom. The largest absolute Gasteiger partial charge is 0.435 e. The molecule has 112 valence electrons. The van der Waals surface area contributed by atoms with Crippen LogP contribution in [0.3, 0.4) is 0 Å². The Morgan fingerprint density at radius 1 is 1.35 bits per heavy atom. The molecule has 0 fully saturated rings. The first-order valence-electron chi connectivity index (χ1n) is 6.58. The van der Waals surface area contributed by atoms with Crippen LogP contribution in [0.5, 0.6) is 5.75 Å². The predicted molar refractivity (Wildman–Crippen MR) is 72.6 cm³/mol. The number of benzene rings is 1. The monoisotopic (exact) mass is 286 g/mol. The molecule has 0 radical (unpaired) electrons. The van der Waals surface area contributed by atoms with Crippen molar-refractivity contribution in [3.63, 3.8) is 0 Å². The number of amides is 1. The van der Waals surface area contributed by atoms with Crippen molar-refractivity contribution in [2.45, 2.75) is 26.4 Å². The van der Waals surface area contributed by atoms with Crippen LogP contribution < -0.4 is 15.8 Å². The van der Waals surface area contributed by atoms with Crippen LogP contribution in [-0.4, -0.2) is 25.6 Å². The third kappa shape index (κ3) is 5.52. The highest BCUT2D eigenvalue weighted by atomic mass is 19.3. The lowest BCUT2D eigenvalue weighted by molar-refractivity contribution is -0.124. The molecular formula is C14H20F2N2O2. The summed E-state index contributed by atoms with van der Waals surface area (Å²) in [6, 6.07) is 6.24. The minimum absolute atomic E-state index is 0.0812. The third-order valence-electron chi connectivity index (χ3n) is 2.84. The molecule has 3 N–H and O–H groups in total. The van der Waals surface area contributed by atoms with Gasteiger partial charge in [-0.15, -0.1) is 0 Å². The second-order valence-electron chi connectivity index (χ2n) is 4.45. The summed E-state index contributed by atoms with van der Waals surface area (Å²) in [7, 11) is 0. The first kappa shape index (κ1) is 16.4. The average Bonchev–Trinajstić information content (AvgIpc) is 2.43. The summed E-state index contributed by atoms with van der Waals surface area (Å²) in [6.07, 6.45) is 1.34. The van der Waals surface area contributed by atoms with Crippen molar-refractivity contribution in [3.8, 4) is 5.75 Å². The first-order chi connectivity index (χ1) is 9.56. The van der Waals surface area contributed by atoms with E-state index in [1.165, 1.54) is 12.1 Å². The minimum Gasteiger partial charge on any atom is -0.435 e. The lowest BCUT2D eigenvalue weighted by Gasteiger charge is -2.15. The molecular weight excluding hydrogens is 266 g/mol. The van der Waals surface area contributed by atoms with Gasteiger partial charge in [0.05, 0.1) is 5.92 Å². The van der Waals surface area contributed by atoms with Gasteiger partial charge in [0.15, 0.2) is 0 Å². The molecule has 0 aliphatic rings. The van der Waals surface area contributed by atoms with Gasteiger partial charge in [0, 0.05) is 13.1 Å². The Labute approximate surface area is 117 Å². The molecule has 0 aliphatic carbocycles. The van der Waals surface area contributed by atoms with Gasteiger partial charge in [0.25, 0.3) is 0 Å². The van der Waals surface area contributed by atoms with Gasteiger partial charge < -0.3 is 15.8 Å². The predicted octanol–water partition coefficient (Wildman–Crippen LogP) is 1.93. The molecule has 1 atom stereocenters.